The summed E-state index contributed by atoms with van der Waals surface area (Å²) in [5.41, 5.74) is 0.814. The number of ether oxygens (including phenoxy) is 2. The Morgan fingerprint density at radius 2 is 1.88 bits per heavy atom. The second-order valence-corrected chi connectivity index (χ2v) is 8.20. The molecule has 1 aromatic carbocycles. The third kappa shape index (κ3) is 2.55. The van der Waals surface area contributed by atoms with Crippen LogP contribution in [0.25, 0.3) is 11.4 Å². The van der Waals surface area contributed by atoms with Gasteiger partial charge in [-0.05, 0) is 24.3 Å². The molecule has 8 heteroatoms. The van der Waals surface area contributed by atoms with Crippen molar-refractivity contribution in [2.45, 2.75) is 29.2 Å². The lowest BCUT2D eigenvalue weighted by Gasteiger charge is -2.19. The van der Waals surface area contributed by atoms with E-state index in [1.807, 2.05) is 10.8 Å². The topological polar surface area (TPSA) is 90.7 Å². The molecule has 2 aromatic rings. The molecule has 0 saturated carbocycles. The molecule has 1 N–H and O–H groups in total. The van der Waals surface area contributed by atoms with Gasteiger partial charge in [-0.2, -0.15) is 0 Å². The summed E-state index contributed by atoms with van der Waals surface area (Å²) in [6.07, 6.45) is 3.62. The van der Waals surface area contributed by atoms with Gasteiger partial charge in [0, 0.05) is 24.2 Å². The van der Waals surface area contributed by atoms with Gasteiger partial charge >= 0.3 is 0 Å². The highest BCUT2D eigenvalue weighted by atomic mass is 32.2. The van der Waals surface area contributed by atoms with Crippen molar-refractivity contribution in [1.29, 1.82) is 0 Å². The van der Waals surface area contributed by atoms with Crippen LogP contribution in [0.15, 0.2) is 41.6 Å². The van der Waals surface area contributed by atoms with Gasteiger partial charge in [-0.15, -0.1) is 0 Å². The third-order valence-electron chi connectivity index (χ3n) is 4.57. The maximum absolute atomic E-state index is 11.6. The first-order valence-electron chi connectivity index (χ1n) is 7.70. The Balaban J connectivity index is 1.66. The number of aromatic nitrogens is 2. The van der Waals surface area contributed by atoms with Crippen molar-refractivity contribution < 1.29 is 23.0 Å². The summed E-state index contributed by atoms with van der Waals surface area (Å²) in [4.78, 5) is 4.67. The Morgan fingerprint density at radius 1 is 1.17 bits per heavy atom. The van der Waals surface area contributed by atoms with E-state index in [-0.39, 0.29) is 29.8 Å². The molecule has 2 fully saturated rings. The number of imidazole rings is 1. The van der Waals surface area contributed by atoms with Crippen molar-refractivity contribution in [1.82, 2.24) is 9.55 Å². The molecule has 2 saturated heterocycles. The summed E-state index contributed by atoms with van der Waals surface area (Å²) in [5, 5.41) is 9.88. The van der Waals surface area contributed by atoms with Crippen molar-refractivity contribution in [2.75, 3.05) is 19.5 Å². The summed E-state index contributed by atoms with van der Waals surface area (Å²) in [5.74, 6) is 0.717. The van der Waals surface area contributed by atoms with Crippen LogP contribution < -0.4 is 0 Å². The van der Waals surface area contributed by atoms with Crippen LogP contribution in [0.2, 0.25) is 0 Å². The molecule has 0 spiro atoms. The molecule has 4 rings (SSSR count). The second kappa shape index (κ2) is 5.66. The quantitative estimate of drug-likeness (QED) is 0.874. The lowest BCUT2D eigenvalue weighted by atomic mass is 10.1. The van der Waals surface area contributed by atoms with Crippen LogP contribution in [0.1, 0.15) is 6.04 Å². The summed E-state index contributed by atoms with van der Waals surface area (Å²) >= 11 is 0. The van der Waals surface area contributed by atoms with E-state index in [1.165, 1.54) is 6.26 Å². The number of hydrogen-bond donors (Lipinski definition) is 1. The van der Waals surface area contributed by atoms with Crippen molar-refractivity contribution in [3.05, 3.63) is 36.7 Å². The SMILES string of the molecule is CS(=O)(=O)c1ccc(-c2nccn2[C@H]2CO[C@H]3[C@@H]2OC[C@H]3O)cc1. The second-order valence-electron chi connectivity index (χ2n) is 6.19. The fourth-order valence-electron chi connectivity index (χ4n) is 3.35. The highest BCUT2D eigenvalue weighted by Crippen LogP contribution is 2.36. The van der Waals surface area contributed by atoms with Gasteiger partial charge in [0.05, 0.1) is 24.2 Å². The molecule has 1 aromatic heterocycles. The molecule has 3 heterocycles. The number of rotatable bonds is 3. The number of aliphatic hydroxyl groups excluding tert-OH is 1. The summed E-state index contributed by atoms with van der Waals surface area (Å²) in [6.45, 7) is 0.718. The van der Waals surface area contributed by atoms with Gasteiger partial charge in [-0.3, -0.25) is 0 Å². The Bertz CT molecular complexity index is 846. The highest BCUT2D eigenvalue weighted by molar-refractivity contribution is 7.90. The molecule has 2 aliphatic heterocycles. The lowest BCUT2D eigenvalue weighted by molar-refractivity contribution is 0.0172. The molecule has 0 unspecified atom stereocenters. The van der Waals surface area contributed by atoms with Gasteiger partial charge in [-0.1, -0.05) is 0 Å². The van der Waals surface area contributed by atoms with E-state index in [0.717, 1.165) is 5.56 Å². The maximum atomic E-state index is 11.6. The van der Waals surface area contributed by atoms with Crippen LogP contribution in [0.3, 0.4) is 0 Å². The fraction of sp³-hybridized carbons (Fsp3) is 0.438. The lowest BCUT2D eigenvalue weighted by Crippen LogP contribution is -2.30. The molecule has 0 aliphatic carbocycles. The number of benzene rings is 1. The first kappa shape index (κ1) is 15.8. The number of nitrogens with zero attached hydrogens (tertiary/aromatic N) is 2. The first-order chi connectivity index (χ1) is 11.4. The van der Waals surface area contributed by atoms with Gasteiger partial charge in [0.1, 0.15) is 24.1 Å². The van der Waals surface area contributed by atoms with E-state index >= 15 is 0 Å². The van der Waals surface area contributed by atoms with E-state index in [4.69, 9.17) is 9.47 Å². The average Bonchev–Trinajstić information content (AvgIpc) is 3.24. The van der Waals surface area contributed by atoms with Crippen LogP contribution in [0.4, 0.5) is 0 Å². The molecule has 2 aliphatic rings. The number of aliphatic hydroxyl groups is 1. The predicted molar refractivity (Wildman–Crippen MR) is 85.3 cm³/mol. The van der Waals surface area contributed by atoms with Crippen LogP contribution in [0, 0.1) is 0 Å². The van der Waals surface area contributed by atoms with Crippen LogP contribution in [0.5, 0.6) is 0 Å². The Kier molecular flexibility index (Phi) is 3.72. The van der Waals surface area contributed by atoms with E-state index in [9.17, 15) is 13.5 Å². The minimum atomic E-state index is -3.23. The van der Waals surface area contributed by atoms with E-state index in [1.54, 1.807) is 30.5 Å². The van der Waals surface area contributed by atoms with Crippen LogP contribution in [-0.2, 0) is 19.3 Å². The standard InChI is InChI=1S/C16H18N2O5S/c1-24(20,21)11-4-2-10(3-5-11)16-17-6-7-18(16)12-8-22-15-13(19)9-23-14(12)15/h2-7,12-15,19H,8-9H2,1H3/t12-,13+,14+,15+/m0/s1. The molecule has 24 heavy (non-hydrogen) atoms. The zero-order chi connectivity index (χ0) is 16.9. The van der Waals surface area contributed by atoms with Gasteiger partial charge in [0.2, 0.25) is 0 Å². The largest absolute Gasteiger partial charge is 0.388 e. The fourth-order valence-corrected chi connectivity index (χ4v) is 3.98. The Morgan fingerprint density at radius 3 is 2.58 bits per heavy atom. The summed E-state index contributed by atoms with van der Waals surface area (Å²) < 4.78 is 36.5. The number of hydrogen-bond acceptors (Lipinski definition) is 6. The van der Waals surface area contributed by atoms with Crippen molar-refractivity contribution in [3.63, 3.8) is 0 Å². The van der Waals surface area contributed by atoms with Gasteiger partial charge in [-0.25, -0.2) is 13.4 Å². The minimum absolute atomic E-state index is 0.0702. The van der Waals surface area contributed by atoms with E-state index in [0.29, 0.717) is 12.4 Å². The Hall–Kier alpha value is -1.74. The van der Waals surface area contributed by atoms with Crippen molar-refractivity contribution in [2.24, 2.45) is 0 Å². The minimum Gasteiger partial charge on any atom is -0.388 e. The molecule has 0 radical (unpaired) electrons. The van der Waals surface area contributed by atoms with Gasteiger partial charge in [0.15, 0.2) is 9.84 Å². The van der Waals surface area contributed by atoms with Gasteiger partial charge in [0.25, 0.3) is 0 Å². The monoisotopic (exact) mass is 350 g/mol. The zero-order valence-electron chi connectivity index (χ0n) is 13.1. The molecule has 0 amide bonds. The molecule has 7 nitrogen and oxygen atoms in total. The summed E-state index contributed by atoms with van der Waals surface area (Å²) in [6, 6.07) is 6.57. The molecule has 4 atom stereocenters. The highest BCUT2D eigenvalue weighted by Gasteiger charge is 2.48. The van der Waals surface area contributed by atoms with E-state index < -0.39 is 15.9 Å². The molecule has 128 valence electrons. The Labute approximate surface area is 139 Å². The molecular weight excluding hydrogens is 332 g/mol. The van der Waals surface area contributed by atoms with E-state index in [2.05, 4.69) is 4.98 Å². The van der Waals surface area contributed by atoms with Crippen LogP contribution in [-0.4, -0.2) is 60.9 Å². The normalized spacial score (nSPS) is 29.8. The maximum Gasteiger partial charge on any atom is 0.175 e. The first-order valence-corrected chi connectivity index (χ1v) is 9.59. The van der Waals surface area contributed by atoms with Crippen molar-refractivity contribution >= 4 is 9.84 Å². The van der Waals surface area contributed by atoms with Gasteiger partial charge < -0.3 is 19.1 Å². The van der Waals surface area contributed by atoms with Crippen LogP contribution >= 0.6 is 0 Å². The van der Waals surface area contributed by atoms with Crippen molar-refractivity contribution in [3.8, 4) is 11.4 Å². The average molecular weight is 350 g/mol. The third-order valence-corrected chi connectivity index (χ3v) is 5.70. The summed E-state index contributed by atoms with van der Waals surface area (Å²) in [7, 11) is -3.23. The number of sulfone groups is 1. The molecular formula is C16H18N2O5S. The predicted octanol–water partition coefficient (Wildman–Crippen LogP) is 0.653. The zero-order valence-corrected chi connectivity index (χ0v) is 13.9. The smallest absolute Gasteiger partial charge is 0.175 e. The number of fused-ring (bicyclic) bond motifs is 1. The molecule has 0 bridgehead atoms.